The Morgan fingerprint density at radius 3 is 2.69 bits per heavy atom. The fourth-order valence-corrected chi connectivity index (χ4v) is 3.77. The maximum Gasteiger partial charge on any atom is 0.319 e. The highest BCUT2D eigenvalue weighted by Gasteiger charge is 2.21. The molecule has 0 aliphatic rings. The first kappa shape index (κ1) is 18.7. The summed E-state index contributed by atoms with van der Waals surface area (Å²) in [6, 6.07) is 14.7. The van der Waals surface area contributed by atoms with Crippen molar-refractivity contribution in [2.45, 2.75) is 24.3 Å². The van der Waals surface area contributed by atoms with Crippen LogP contribution in [-0.2, 0) is 9.53 Å². The van der Waals surface area contributed by atoms with E-state index in [1.165, 1.54) is 16.3 Å². The molecule has 0 bridgehead atoms. The number of benzene rings is 2. The van der Waals surface area contributed by atoms with E-state index in [2.05, 4.69) is 20.9 Å². The van der Waals surface area contributed by atoms with Gasteiger partial charge in [0.05, 0.1) is 23.2 Å². The Labute approximate surface area is 163 Å². The summed E-state index contributed by atoms with van der Waals surface area (Å²) in [6.45, 7) is 3.83. The monoisotopic (exact) mass is 432 g/mol. The van der Waals surface area contributed by atoms with Gasteiger partial charge in [-0.2, -0.15) is 0 Å². The number of carbonyl (C=O) groups is 1. The number of hydrogen-bond donors (Lipinski definition) is 0. The molecule has 3 aromatic rings. The summed E-state index contributed by atoms with van der Waals surface area (Å²) in [5, 5.41) is 0.484. The number of para-hydroxylation sites is 1. The highest BCUT2D eigenvalue weighted by Crippen LogP contribution is 2.26. The van der Waals surface area contributed by atoms with Gasteiger partial charge in [-0.25, -0.2) is 4.98 Å². The summed E-state index contributed by atoms with van der Waals surface area (Å²) in [5.74, 6) is -0.331. The highest BCUT2D eigenvalue weighted by atomic mass is 79.9. The maximum atomic E-state index is 13.2. The first-order valence-corrected chi connectivity index (χ1v) is 9.79. The fraction of sp³-hybridized carbons (Fsp3) is 0.211. The fourth-order valence-electron chi connectivity index (χ4n) is 2.49. The van der Waals surface area contributed by atoms with Crippen molar-refractivity contribution < 1.29 is 9.53 Å². The molecule has 0 N–H and O–H groups in total. The van der Waals surface area contributed by atoms with Gasteiger partial charge in [0.15, 0.2) is 5.16 Å². The van der Waals surface area contributed by atoms with Gasteiger partial charge in [-0.15, -0.1) is 0 Å². The van der Waals surface area contributed by atoms with Gasteiger partial charge in [-0.1, -0.05) is 45.9 Å². The molecule has 1 unspecified atom stereocenters. The van der Waals surface area contributed by atoms with Crippen LogP contribution in [0.2, 0.25) is 0 Å². The van der Waals surface area contributed by atoms with Crippen molar-refractivity contribution in [1.29, 1.82) is 0 Å². The summed E-state index contributed by atoms with van der Waals surface area (Å²) >= 11 is 4.61. The molecular weight excluding hydrogens is 416 g/mol. The van der Waals surface area contributed by atoms with Gasteiger partial charge < -0.3 is 4.74 Å². The molecule has 3 rings (SSSR count). The van der Waals surface area contributed by atoms with E-state index in [0.717, 1.165) is 4.47 Å². The van der Waals surface area contributed by atoms with E-state index < -0.39 is 5.25 Å². The smallest absolute Gasteiger partial charge is 0.319 e. The molecule has 0 saturated heterocycles. The molecule has 134 valence electrons. The van der Waals surface area contributed by atoms with E-state index in [0.29, 0.717) is 28.4 Å². The lowest BCUT2D eigenvalue weighted by Gasteiger charge is -2.16. The van der Waals surface area contributed by atoms with Gasteiger partial charge in [0.2, 0.25) is 0 Å². The maximum absolute atomic E-state index is 13.2. The second kappa shape index (κ2) is 8.05. The number of hydrogen-bond acceptors (Lipinski definition) is 5. The minimum Gasteiger partial charge on any atom is -0.465 e. The van der Waals surface area contributed by atoms with E-state index in [4.69, 9.17) is 4.74 Å². The molecule has 0 aliphatic carbocycles. The molecule has 0 radical (unpaired) electrons. The van der Waals surface area contributed by atoms with Crippen molar-refractivity contribution in [3.05, 3.63) is 63.4 Å². The van der Waals surface area contributed by atoms with E-state index in [9.17, 15) is 9.59 Å². The lowest BCUT2D eigenvalue weighted by Crippen LogP contribution is -2.24. The summed E-state index contributed by atoms with van der Waals surface area (Å²) in [7, 11) is 0. The highest BCUT2D eigenvalue weighted by molar-refractivity contribution is 9.10. The first-order valence-electron chi connectivity index (χ1n) is 8.12. The molecule has 0 saturated carbocycles. The van der Waals surface area contributed by atoms with Gasteiger partial charge >= 0.3 is 5.97 Å². The molecule has 0 fully saturated rings. The van der Waals surface area contributed by atoms with Crippen LogP contribution in [0.3, 0.4) is 0 Å². The number of thioether (sulfide) groups is 1. The first-order chi connectivity index (χ1) is 12.5. The quantitative estimate of drug-likeness (QED) is 0.343. The Balaban J connectivity index is 2.18. The molecular formula is C19H17BrN2O3S. The lowest BCUT2D eigenvalue weighted by molar-refractivity contribution is -0.142. The second-order valence-electron chi connectivity index (χ2n) is 5.54. The van der Waals surface area contributed by atoms with Gasteiger partial charge in [0.1, 0.15) is 5.25 Å². The van der Waals surface area contributed by atoms with Gasteiger partial charge in [0.25, 0.3) is 5.56 Å². The normalized spacial score (nSPS) is 12.1. The van der Waals surface area contributed by atoms with Crippen LogP contribution in [0.25, 0.3) is 16.6 Å². The van der Waals surface area contributed by atoms with Crippen molar-refractivity contribution >= 4 is 44.6 Å². The van der Waals surface area contributed by atoms with Crippen molar-refractivity contribution in [3.8, 4) is 5.69 Å². The number of carbonyl (C=O) groups excluding carboxylic acids is 1. The number of aromatic nitrogens is 2. The van der Waals surface area contributed by atoms with Crippen LogP contribution in [0.15, 0.2) is 63.0 Å². The van der Waals surface area contributed by atoms with E-state index in [1.807, 2.05) is 36.4 Å². The average molecular weight is 433 g/mol. The van der Waals surface area contributed by atoms with Crippen LogP contribution in [0.5, 0.6) is 0 Å². The van der Waals surface area contributed by atoms with Crippen LogP contribution in [0.4, 0.5) is 0 Å². The number of fused-ring (bicyclic) bond motifs is 1. The third-order valence-corrected chi connectivity index (χ3v) is 5.24. The predicted molar refractivity (Wildman–Crippen MR) is 107 cm³/mol. The molecule has 1 heterocycles. The number of esters is 1. The Morgan fingerprint density at radius 2 is 2.00 bits per heavy atom. The van der Waals surface area contributed by atoms with Crippen LogP contribution in [0.1, 0.15) is 13.8 Å². The molecule has 0 spiro atoms. The van der Waals surface area contributed by atoms with Crippen molar-refractivity contribution in [3.63, 3.8) is 0 Å². The summed E-state index contributed by atoms with van der Waals surface area (Å²) < 4.78 is 7.42. The predicted octanol–water partition coefficient (Wildman–Crippen LogP) is 4.19. The van der Waals surface area contributed by atoms with Gasteiger partial charge in [-0.05, 0) is 44.2 Å². The number of ether oxygens (including phenoxy) is 1. The zero-order chi connectivity index (χ0) is 18.7. The molecule has 1 atom stereocenters. The lowest BCUT2D eigenvalue weighted by atomic mass is 10.2. The van der Waals surface area contributed by atoms with Crippen LogP contribution >= 0.6 is 27.7 Å². The minimum atomic E-state index is -0.482. The molecule has 26 heavy (non-hydrogen) atoms. The summed E-state index contributed by atoms with van der Waals surface area (Å²) in [4.78, 5) is 29.8. The topological polar surface area (TPSA) is 61.2 Å². The van der Waals surface area contributed by atoms with Crippen molar-refractivity contribution in [2.75, 3.05) is 6.61 Å². The standard InChI is InChI=1S/C19H17BrN2O3S/c1-3-25-18(24)12(2)26-19-21-16-10-9-13(20)11-15(16)17(23)22(19)14-7-5-4-6-8-14/h4-12H,3H2,1-2H3. The molecule has 5 nitrogen and oxygen atoms in total. The number of halogens is 1. The number of rotatable bonds is 5. The molecule has 0 aliphatic heterocycles. The molecule has 7 heteroatoms. The Kier molecular flexibility index (Phi) is 5.78. The van der Waals surface area contributed by atoms with Crippen molar-refractivity contribution in [2.24, 2.45) is 0 Å². The molecule has 1 aromatic heterocycles. The number of nitrogens with zero attached hydrogens (tertiary/aromatic N) is 2. The van der Waals surface area contributed by atoms with E-state index in [-0.39, 0.29) is 11.5 Å². The zero-order valence-electron chi connectivity index (χ0n) is 14.3. The largest absolute Gasteiger partial charge is 0.465 e. The third-order valence-electron chi connectivity index (χ3n) is 3.71. The summed E-state index contributed by atoms with van der Waals surface area (Å²) in [5.41, 5.74) is 1.11. The van der Waals surface area contributed by atoms with Crippen molar-refractivity contribution in [1.82, 2.24) is 9.55 Å². The van der Waals surface area contributed by atoms with E-state index in [1.54, 1.807) is 26.0 Å². The SMILES string of the molecule is CCOC(=O)C(C)Sc1nc2ccc(Br)cc2c(=O)n1-c1ccccc1. The Bertz CT molecular complexity index is 1000. The third kappa shape index (κ3) is 3.83. The molecule has 2 aromatic carbocycles. The van der Waals surface area contributed by atoms with E-state index >= 15 is 0 Å². The Hall–Kier alpha value is -2.12. The minimum absolute atomic E-state index is 0.180. The van der Waals surface area contributed by atoms with Crippen LogP contribution < -0.4 is 5.56 Å². The van der Waals surface area contributed by atoms with Crippen LogP contribution in [-0.4, -0.2) is 27.4 Å². The van der Waals surface area contributed by atoms with Gasteiger partial charge in [0, 0.05) is 4.47 Å². The Morgan fingerprint density at radius 1 is 1.27 bits per heavy atom. The average Bonchev–Trinajstić information content (AvgIpc) is 2.63. The van der Waals surface area contributed by atoms with Crippen LogP contribution in [0, 0.1) is 0 Å². The second-order valence-corrected chi connectivity index (χ2v) is 7.77. The summed E-state index contributed by atoms with van der Waals surface area (Å²) in [6.07, 6.45) is 0. The molecule has 0 amide bonds. The zero-order valence-corrected chi connectivity index (χ0v) is 16.7. The van der Waals surface area contributed by atoms with Gasteiger partial charge in [-0.3, -0.25) is 14.2 Å².